The largest absolute Gasteiger partial charge is 0.335 e. The van der Waals surface area contributed by atoms with Gasteiger partial charge in [0.05, 0.1) is 6.54 Å². The number of carbonyl (C=O) groups is 3. The Balaban J connectivity index is 1.22. The minimum Gasteiger partial charge on any atom is -0.335 e. The molecule has 4 fully saturated rings. The first kappa shape index (κ1) is 20.2. The third kappa shape index (κ3) is 3.74. The van der Waals surface area contributed by atoms with Crippen molar-refractivity contribution in [2.75, 3.05) is 19.6 Å². The summed E-state index contributed by atoms with van der Waals surface area (Å²) in [5.74, 6) is -2.86. The standard InChI is InChI=1S/C22H26F2N4O3/c23-22(24)8-4-7-15(12-22)25-20(30)26-9-10-27-18(13-26)19(29)28(21(27)31)17-11-16(17)14-5-2-1-3-6-14/h1-3,5-6,15-18H,4,7-13H2,(H,25,30)/t15?,16-,17+,18+/m1/s1. The van der Waals surface area contributed by atoms with E-state index in [1.54, 1.807) is 4.90 Å². The minimum atomic E-state index is -2.75. The maximum absolute atomic E-state index is 13.6. The number of hydrogen-bond acceptors (Lipinski definition) is 3. The maximum atomic E-state index is 13.6. The van der Waals surface area contributed by atoms with Gasteiger partial charge in [0.2, 0.25) is 5.92 Å². The molecule has 31 heavy (non-hydrogen) atoms. The molecule has 0 radical (unpaired) electrons. The van der Waals surface area contributed by atoms with Crippen LogP contribution in [0.25, 0.3) is 0 Å². The Morgan fingerprint density at radius 3 is 2.65 bits per heavy atom. The number of piperazine rings is 1. The summed E-state index contributed by atoms with van der Waals surface area (Å²) in [6.07, 6.45) is 1.16. The van der Waals surface area contributed by atoms with E-state index < -0.39 is 24.0 Å². The Morgan fingerprint density at radius 2 is 1.90 bits per heavy atom. The summed E-state index contributed by atoms with van der Waals surface area (Å²) in [6, 6.07) is 7.71. The normalized spacial score (nSPS) is 32.1. The summed E-state index contributed by atoms with van der Waals surface area (Å²) in [5.41, 5.74) is 1.11. The van der Waals surface area contributed by atoms with E-state index in [-0.39, 0.29) is 56.4 Å². The second kappa shape index (κ2) is 7.46. The zero-order valence-corrected chi connectivity index (χ0v) is 17.2. The van der Waals surface area contributed by atoms with Crippen LogP contribution in [0.3, 0.4) is 0 Å². The van der Waals surface area contributed by atoms with E-state index in [0.29, 0.717) is 12.8 Å². The summed E-state index contributed by atoms with van der Waals surface area (Å²) in [7, 11) is 0. The SMILES string of the molecule is O=C(NC1CCCC(F)(F)C1)N1CCN2C(=O)N([C@H]3C[C@@H]3c3ccccc3)C(=O)[C@@H]2C1. The topological polar surface area (TPSA) is 73.0 Å². The lowest BCUT2D eigenvalue weighted by atomic mass is 9.92. The third-order valence-corrected chi connectivity index (χ3v) is 6.93. The molecule has 0 spiro atoms. The van der Waals surface area contributed by atoms with Crippen LogP contribution in [0.15, 0.2) is 30.3 Å². The molecule has 2 aliphatic heterocycles. The van der Waals surface area contributed by atoms with Crippen LogP contribution in [0.5, 0.6) is 0 Å². The number of alkyl halides is 2. The summed E-state index contributed by atoms with van der Waals surface area (Å²) >= 11 is 0. The average Bonchev–Trinajstić information content (AvgIpc) is 3.49. The quantitative estimate of drug-likeness (QED) is 0.747. The van der Waals surface area contributed by atoms with Gasteiger partial charge in [-0.25, -0.2) is 18.4 Å². The van der Waals surface area contributed by atoms with Gasteiger partial charge in [-0.15, -0.1) is 0 Å². The van der Waals surface area contributed by atoms with Crippen LogP contribution < -0.4 is 5.32 Å². The van der Waals surface area contributed by atoms with E-state index in [9.17, 15) is 23.2 Å². The second-order valence-corrected chi connectivity index (χ2v) is 9.06. The van der Waals surface area contributed by atoms with Gasteiger partial charge < -0.3 is 15.1 Å². The lowest BCUT2D eigenvalue weighted by molar-refractivity contribution is -0.129. The molecule has 2 saturated carbocycles. The number of amides is 5. The number of hydrogen-bond donors (Lipinski definition) is 1. The van der Waals surface area contributed by atoms with Gasteiger partial charge in [0.25, 0.3) is 5.91 Å². The zero-order chi connectivity index (χ0) is 21.8. The van der Waals surface area contributed by atoms with E-state index in [1.165, 1.54) is 9.80 Å². The molecule has 2 saturated heterocycles. The van der Waals surface area contributed by atoms with Crippen LogP contribution in [-0.2, 0) is 4.79 Å². The number of imide groups is 1. The number of fused-ring (bicyclic) bond motifs is 1. The van der Waals surface area contributed by atoms with Crippen molar-refractivity contribution >= 4 is 18.0 Å². The monoisotopic (exact) mass is 432 g/mol. The molecule has 0 bridgehead atoms. The number of benzene rings is 1. The van der Waals surface area contributed by atoms with Gasteiger partial charge in [0, 0.05) is 43.9 Å². The summed E-state index contributed by atoms with van der Waals surface area (Å²) < 4.78 is 27.3. The second-order valence-electron chi connectivity index (χ2n) is 9.06. The number of urea groups is 2. The fourth-order valence-electron chi connectivity index (χ4n) is 5.19. The van der Waals surface area contributed by atoms with Crippen molar-refractivity contribution in [3.63, 3.8) is 0 Å². The minimum absolute atomic E-state index is 0.0960. The van der Waals surface area contributed by atoms with E-state index in [4.69, 9.17) is 0 Å². The third-order valence-electron chi connectivity index (χ3n) is 6.93. The Morgan fingerprint density at radius 1 is 1.13 bits per heavy atom. The number of halogens is 2. The molecule has 1 N–H and O–H groups in total. The lowest BCUT2D eigenvalue weighted by Gasteiger charge is -2.37. The molecule has 1 aromatic carbocycles. The van der Waals surface area contributed by atoms with Gasteiger partial charge in [-0.05, 0) is 24.8 Å². The molecule has 1 unspecified atom stereocenters. The number of rotatable bonds is 3. The van der Waals surface area contributed by atoms with E-state index in [2.05, 4.69) is 5.32 Å². The molecule has 2 aliphatic carbocycles. The highest BCUT2D eigenvalue weighted by Crippen LogP contribution is 2.46. The molecular weight excluding hydrogens is 406 g/mol. The molecule has 5 amide bonds. The fraction of sp³-hybridized carbons (Fsp3) is 0.591. The predicted octanol–water partition coefficient (Wildman–Crippen LogP) is 2.78. The smallest absolute Gasteiger partial charge is 0.327 e. The highest BCUT2D eigenvalue weighted by molar-refractivity contribution is 6.05. The van der Waals surface area contributed by atoms with Crippen molar-refractivity contribution < 1.29 is 23.2 Å². The first-order valence-electron chi connectivity index (χ1n) is 11.0. The Labute approximate surface area is 179 Å². The van der Waals surface area contributed by atoms with Crippen molar-refractivity contribution in [2.45, 2.75) is 62.1 Å². The zero-order valence-electron chi connectivity index (χ0n) is 17.2. The van der Waals surface area contributed by atoms with Crippen LogP contribution in [-0.4, -0.2) is 76.4 Å². The molecule has 0 aromatic heterocycles. The molecule has 7 nitrogen and oxygen atoms in total. The number of nitrogens with zero attached hydrogens (tertiary/aromatic N) is 3. The first-order chi connectivity index (χ1) is 14.8. The highest BCUT2D eigenvalue weighted by Gasteiger charge is 2.56. The van der Waals surface area contributed by atoms with Crippen LogP contribution in [0.2, 0.25) is 0 Å². The van der Waals surface area contributed by atoms with Crippen molar-refractivity contribution in [1.82, 2.24) is 20.0 Å². The van der Waals surface area contributed by atoms with Crippen molar-refractivity contribution in [2.24, 2.45) is 0 Å². The average molecular weight is 432 g/mol. The van der Waals surface area contributed by atoms with Crippen molar-refractivity contribution in [3.8, 4) is 0 Å². The summed E-state index contributed by atoms with van der Waals surface area (Å²) in [5, 5.41) is 2.70. The Bertz CT molecular complexity index is 896. The first-order valence-corrected chi connectivity index (χ1v) is 11.0. The maximum Gasteiger partial charge on any atom is 0.327 e. The molecule has 5 rings (SSSR count). The Hall–Kier alpha value is -2.71. The number of carbonyl (C=O) groups excluding carboxylic acids is 3. The van der Waals surface area contributed by atoms with Gasteiger partial charge in [-0.3, -0.25) is 9.69 Å². The van der Waals surface area contributed by atoms with Gasteiger partial charge in [-0.1, -0.05) is 30.3 Å². The fourth-order valence-corrected chi connectivity index (χ4v) is 5.19. The van der Waals surface area contributed by atoms with Gasteiger partial charge in [0.15, 0.2) is 0 Å². The predicted molar refractivity (Wildman–Crippen MR) is 108 cm³/mol. The molecule has 4 atom stereocenters. The van der Waals surface area contributed by atoms with Crippen molar-refractivity contribution in [3.05, 3.63) is 35.9 Å². The Kier molecular flexibility index (Phi) is 4.86. The number of nitrogens with one attached hydrogen (secondary N) is 1. The van der Waals surface area contributed by atoms with Gasteiger partial charge >= 0.3 is 12.1 Å². The molecule has 1 aromatic rings. The van der Waals surface area contributed by atoms with E-state index >= 15 is 0 Å². The van der Waals surface area contributed by atoms with Gasteiger partial charge in [-0.2, -0.15) is 0 Å². The van der Waals surface area contributed by atoms with Crippen LogP contribution in [0, 0.1) is 0 Å². The molecule has 9 heteroatoms. The van der Waals surface area contributed by atoms with Crippen molar-refractivity contribution in [1.29, 1.82) is 0 Å². The molecular formula is C22H26F2N4O3. The summed E-state index contributed by atoms with van der Waals surface area (Å²) in [6.45, 7) is 0.645. The van der Waals surface area contributed by atoms with E-state index in [1.807, 2.05) is 30.3 Å². The van der Waals surface area contributed by atoms with Crippen LogP contribution in [0.1, 0.15) is 43.6 Å². The highest BCUT2D eigenvalue weighted by atomic mass is 19.3. The van der Waals surface area contributed by atoms with E-state index in [0.717, 1.165) is 12.0 Å². The lowest BCUT2D eigenvalue weighted by Crippen LogP contribution is -2.58. The van der Waals surface area contributed by atoms with Crippen LogP contribution >= 0.6 is 0 Å². The van der Waals surface area contributed by atoms with Crippen LogP contribution in [0.4, 0.5) is 18.4 Å². The molecule has 166 valence electrons. The van der Waals surface area contributed by atoms with Gasteiger partial charge in [0.1, 0.15) is 6.04 Å². The summed E-state index contributed by atoms with van der Waals surface area (Å²) in [4.78, 5) is 43.0. The molecule has 4 aliphatic rings. The molecule has 2 heterocycles.